The van der Waals surface area contributed by atoms with Gasteiger partial charge in [-0.3, -0.25) is 13.8 Å². The van der Waals surface area contributed by atoms with Crippen molar-refractivity contribution < 1.29 is 43.0 Å². The molecule has 0 aliphatic rings. The number of allylic oxidation sites excluding steroid dienone is 12. The second kappa shape index (κ2) is 45.4. The molecule has 0 spiro atoms. The molecule has 0 aromatic rings. The third-order valence-electron chi connectivity index (χ3n) is 9.63. The number of aliphatic hydroxyl groups is 2. The Morgan fingerprint density at radius 2 is 0.966 bits per heavy atom. The first kappa shape index (κ1) is 56.9. The van der Waals surface area contributed by atoms with Gasteiger partial charge in [-0.25, -0.2) is 4.57 Å². The molecule has 0 aromatic heterocycles. The van der Waals surface area contributed by atoms with E-state index in [-0.39, 0.29) is 19.6 Å². The normalized spacial score (nSPS) is 14.6. The molecule has 59 heavy (non-hydrogen) atoms. The smallest absolute Gasteiger partial charge is 0.457 e. The van der Waals surface area contributed by atoms with Crippen LogP contribution >= 0.6 is 7.82 Å². The number of aliphatic hydroxyl groups excluding tert-OH is 2. The highest BCUT2D eigenvalue weighted by atomic mass is 31.2. The van der Waals surface area contributed by atoms with Crippen LogP contribution < -0.4 is 0 Å². The van der Waals surface area contributed by atoms with Gasteiger partial charge in [0.05, 0.1) is 26.4 Å². The van der Waals surface area contributed by atoms with Gasteiger partial charge in [-0.2, -0.15) is 0 Å². The van der Waals surface area contributed by atoms with Gasteiger partial charge in [0, 0.05) is 13.0 Å². The van der Waals surface area contributed by atoms with Crippen LogP contribution in [0.2, 0.25) is 0 Å². The average Bonchev–Trinajstić information content (AvgIpc) is 3.23. The van der Waals surface area contributed by atoms with Gasteiger partial charge in [0.1, 0.15) is 12.2 Å². The van der Waals surface area contributed by atoms with Crippen molar-refractivity contribution in [1.82, 2.24) is 0 Å². The summed E-state index contributed by atoms with van der Waals surface area (Å²) in [5.74, 6) is -0.393. The molecule has 0 saturated carbocycles. The molecule has 0 bridgehead atoms. The molecule has 342 valence electrons. The van der Waals surface area contributed by atoms with Crippen LogP contribution in [0.4, 0.5) is 0 Å². The van der Waals surface area contributed by atoms with Crippen molar-refractivity contribution in [3.63, 3.8) is 0 Å². The summed E-state index contributed by atoms with van der Waals surface area (Å²) in [7, 11) is -4.53. The molecule has 3 atom stereocenters. The predicted octanol–water partition coefficient (Wildman–Crippen LogP) is 13.3. The quantitative estimate of drug-likeness (QED) is 0.0237. The molecule has 3 unspecified atom stereocenters. The maximum absolute atomic E-state index is 12.7. The van der Waals surface area contributed by atoms with E-state index in [2.05, 4.69) is 86.8 Å². The molecule has 0 aliphatic carbocycles. The number of rotatable bonds is 44. The van der Waals surface area contributed by atoms with E-state index in [1.165, 1.54) is 77.0 Å². The van der Waals surface area contributed by atoms with Crippen molar-refractivity contribution in [3.8, 4) is 0 Å². The summed E-state index contributed by atoms with van der Waals surface area (Å²) in [6, 6.07) is 0. The van der Waals surface area contributed by atoms with Crippen LogP contribution in [0.3, 0.4) is 0 Å². The molecule has 0 amide bonds. The summed E-state index contributed by atoms with van der Waals surface area (Å²) in [6.45, 7) is 3.33. The van der Waals surface area contributed by atoms with E-state index < -0.39 is 39.2 Å². The molecule has 3 N–H and O–H groups in total. The molecule has 0 fully saturated rings. The molecule has 0 heterocycles. The Morgan fingerprint density at radius 3 is 1.46 bits per heavy atom. The molecule has 0 aliphatic heterocycles. The second-order valence-electron chi connectivity index (χ2n) is 15.4. The summed E-state index contributed by atoms with van der Waals surface area (Å²) in [6.07, 6.45) is 54.3. The minimum atomic E-state index is -4.53. The summed E-state index contributed by atoms with van der Waals surface area (Å²) in [5, 5.41) is 18.4. The zero-order valence-electron chi connectivity index (χ0n) is 37.4. The van der Waals surface area contributed by atoms with Gasteiger partial charge in [0.15, 0.2) is 0 Å². The monoisotopic (exact) mass is 851 g/mol. The van der Waals surface area contributed by atoms with E-state index in [0.29, 0.717) is 6.61 Å². The lowest BCUT2D eigenvalue weighted by Crippen LogP contribution is -2.29. The van der Waals surface area contributed by atoms with Crippen LogP contribution in [0.15, 0.2) is 72.9 Å². The van der Waals surface area contributed by atoms with Crippen molar-refractivity contribution in [2.45, 2.75) is 199 Å². The lowest BCUT2D eigenvalue weighted by molar-refractivity contribution is -0.154. The van der Waals surface area contributed by atoms with Gasteiger partial charge >= 0.3 is 13.8 Å². The van der Waals surface area contributed by atoms with Gasteiger partial charge in [-0.1, -0.05) is 177 Å². The van der Waals surface area contributed by atoms with Gasteiger partial charge < -0.3 is 24.6 Å². The van der Waals surface area contributed by atoms with E-state index in [1.807, 2.05) is 0 Å². The SMILES string of the molecule is CC/C=C\C/C=C\C/C=C\C/C=C\CCCCCCCCCCCCC(=O)OC(COCCCCCCCC/C=C\C/C=C\CCCC)COP(=O)(O)OCC(O)CO. The fourth-order valence-corrected chi connectivity index (χ4v) is 6.86. The van der Waals surface area contributed by atoms with Crippen LogP contribution in [0.25, 0.3) is 0 Å². The molecule has 0 saturated heterocycles. The van der Waals surface area contributed by atoms with Crippen molar-refractivity contribution >= 4 is 13.8 Å². The van der Waals surface area contributed by atoms with Crippen LogP contribution in [-0.2, 0) is 27.9 Å². The van der Waals surface area contributed by atoms with Crippen LogP contribution in [0, 0.1) is 0 Å². The number of carbonyl (C=O) groups is 1. The van der Waals surface area contributed by atoms with Crippen LogP contribution in [0.1, 0.15) is 187 Å². The number of phosphoric ester groups is 1. The van der Waals surface area contributed by atoms with E-state index in [9.17, 15) is 19.4 Å². The zero-order valence-corrected chi connectivity index (χ0v) is 38.3. The number of carbonyl (C=O) groups excluding carboxylic acids is 1. The second-order valence-corrected chi connectivity index (χ2v) is 16.8. The van der Waals surface area contributed by atoms with E-state index in [0.717, 1.165) is 89.9 Å². The largest absolute Gasteiger partial charge is 0.472 e. The third kappa shape index (κ3) is 45.3. The fourth-order valence-electron chi connectivity index (χ4n) is 6.07. The van der Waals surface area contributed by atoms with Crippen molar-refractivity contribution in [2.24, 2.45) is 0 Å². The Hall–Kier alpha value is -2.10. The van der Waals surface area contributed by atoms with E-state index in [1.54, 1.807) is 0 Å². The summed E-state index contributed by atoms with van der Waals surface area (Å²) >= 11 is 0. The fraction of sp³-hybridized carbons (Fsp3) is 0.735. The Kier molecular flexibility index (Phi) is 43.8. The maximum atomic E-state index is 12.7. The van der Waals surface area contributed by atoms with Gasteiger partial charge in [-0.15, -0.1) is 0 Å². The number of hydrogen-bond acceptors (Lipinski definition) is 8. The van der Waals surface area contributed by atoms with Gasteiger partial charge in [-0.05, 0) is 77.0 Å². The lowest BCUT2D eigenvalue weighted by atomic mass is 10.0. The lowest BCUT2D eigenvalue weighted by Gasteiger charge is -2.20. The van der Waals surface area contributed by atoms with Crippen molar-refractivity contribution in [3.05, 3.63) is 72.9 Å². The summed E-state index contributed by atoms with van der Waals surface area (Å²) < 4.78 is 33.4. The number of unbranched alkanes of at least 4 members (excludes halogenated alkanes) is 18. The maximum Gasteiger partial charge on any atom is 0.472 e. The minimum absolute atomic E-state index is 0.0373. The standard InChI is InChI=1S/C49H87O9P/c1-3-5-7-9-11-13-15-17-19-20-21-22-23-24-25-26-27-29-31-33-35-37-39-41-49(52)58-48(46-57-59(53,54)56-44-47(51)43-50)45-55-42-40-38-36-34-32-30-28-18-16-14-12-10-8-6-4-2/h5,7,10-13,16-19,21-22,47-48,50-51H,3-4,6,8-9,14-15,20,23-46H2,1-2H3,(H,53,54)/b7-5-,12-10-,13-11-,18-16-,19-17-,22-21-. The van der Waals surface area contributed by atoms with Crippen molar-refractivity contribution in [2.75, 3.05) is 33.0 Å². The number of phosphoric acid groups is 1. The molecule has 0 aromatic carbocycles. The van der Waals surface area contributed by atoms with E-state index >= 15 is 0 Å². The average molecular weight is 851 g/mol. The third-order valence-corrected chi connectivity index (χ3v) is 10.6. The van der Waals surface area contributed by atoms with Gasteiger partial charge in [0.25, 0.3) is 0 Å². The Labute approximate surface area is 361 Å². The molecule has 0 radical (unpaired) electrons. The number of ether oxygens (including phenoxy) is 2. The Bertz CT molecular complexity index is 1150. The number of hydrogen-bond donors (Lipinski definition) is 3. The highest BCUT2D eigenvalue weighted by molar-refractivity contribution is 7.47. The minimum Gasteiger partial charge on any atom is -0.457 e. The first-order valence-electron chi connectivity index (χ1n) is 23.4. The first-order chi connectivity index (χ1) is 28.8. The Morgan fingerprint density at radius 1 is 0.542 bits per heavy atom. The van der Waals surface area contributed by atoms with Crippen LogP contribution in [-0.4, -0.2) is 66.3 Å². The number of esters is 1. The molecule has 10 heteroatoms. The highest BCUT2D eigenvalue weighted by Gasteiger charge is 2.26. The molecular weight excluding hydrogens is 764 g/mol. The summed E-state index contributed by atoms with van der Waals surface area (Å²) in [4.78, 5) is 22.6. The highest BCUT2D eigenvalue weighted by Crippen LogP contribution is 2.43. The molecule has 0 rings (SSSR count). The first-order valence-corrected chi connectivity index (χ1v) is 24.9. The topological polar surface area (TPSA) is 132 Å². The molecular formula is C49H87O9P. The van der Waals surface area contributed by atoms with E-state index in [4.69, 9.17) is 23.6 Å². The van der Waals surface area contributed by atoms with Crippen LogP contribution in [0.5, 0.6) is 0 Å². The zero-order chi connectivity index (χ0) is 43.2. The predicted molar refractivity (Wildman–Crippen MR) is 246 cm³/mol. The summed E-state index contributed by atoms with van der Waals surface area (Å²) in [5.41, 5.74) is 0. The molecule has 9 nitrogen and oxygen atoms in total. The van der Waals surface area contributed by atoms with Crippen molar-refractivity contribution in [1.29, 1.82) is 0 Å². The Balaban J connectivity index is 4.13. The van der Waals surface area contributed by atoms with Gasteiger partial charge in [0.2, 0.25) is 0 Å².